The number of piperazine rings is 1. The predicted molar refractivity (Wildman–Crippen MR) is 114 cm³/mol. The molecular formula is C21H25ClN4O5. The third kappa shape index (κ3) is 5.99. The van der Waals surface area contributed by atoms with Gasteiger partial charge in [-0.15, -0.1) is 12.4 Å². The molecule has 1 amide bonds. The van der Waals surface area contributed by atoms with Gasteiger partial charge in [0, 0.05) is 32.7 Å². The van der Waals surface area contributed by atoms with E-state index in [1.165, 1.54) is 6.26 Å². The van der Waals surface area contributed by atoms with E-state index in [0.29, 0.717) is 48.7 Å². The van der Waals surface area contributed by atoms with Crippen LogP contribution in [0.25, 0.3) is 0 Å². The maximum atomic E-state index is 12.3. The van der Waals surface area contributed by atoms with Gasteiger partial charge in [0.15, 0.2) is 29.7 Å². The fourth-order valence-corrected chi connectivity index (χ4v) is 3.24. The lowest BCUT2D eigenvalue weighted by Crippen LogP contribution is -2.49. The standard InChI is InChI=1S/C21H24N4O5.ClH/c1-16-22-20(30-23-16)15-29-18-6-3-2-5-17(18)28-14-12-24-8-10-25(11-9-24)21(26)19-7-4-13-27-19;/h2-7,13H,8-12,14-15H2,1H3;1H. The van der Waals surface area contributed by atoms with Crippen molar-refractivity contribution in [2.45, 2.75) is 13.5 Å². The Morgan fingerprint density at radius 2 is 1.81 bits per heavy atom. The molecule has 31 heavy (non-hydrogen) atoms. The predicted octanol–water partition coefficient (Wildman–Crippen LogP) is 2.81. The van der Waals surface area contributed by atoms with Gasteiger partial charge in [-0.3, -0.25) is 9.69 Å². The number of benzene rings is 1. The Balaban J connectivity index is 0.00000272. The fraction of sp³-hybridized carbons (Fsp3) is 0.381. The van der Waals surface area contributed by atoms with Crippen molar-refractivity contribution in [2.24, 2.45) is 0 Å². The Morgan fingerprint density at radius 3 is 2.45 bits per heavy atom. The molecule has 1 fully saturated rings. The summed E-state index contributed by atoms with van der Waals surface area (Å²) in [4.78, 5) is 20.6. The summed E-state index contributed by atoms with van der Waals surface area (Å²) in [6.45, 7) is 6.16. The highest BCUT2D eigenvalue weighted by molar-refractivity contribution is 5.91. The molecule has 0 saturated carbocycles. The minimum atomic E-state index is -0.0570. The maximum Gasteiger partial charge on any atom is 0.289 e. The molecule has 2 aromatic heterocycles. The lowest BCUT2D eigenvalue weighted by Gasteiger charge is -2.34. The number of para-hydroxylation sites is 2. The second kappa shape index (κ2) is 10.8. The van der Waals surface area contributed by atoms with Crippen LogP contribution in [0, 0.1) is 6.92 Å². The van der Waals surface area contributed by atoms with Gasteiger partial charge in [0.25, 0.3) is 11.8 Å². The van der Waals surface area contributed by atoms with Crippen LogP contribution in [0.15, 0.2) is 51.6 Å². The smallest absolute Gasteiger partial charge is 0.289 e. The monoisotopic (exact) mass is 448 g/mol. The number of hydrogen-bond donors (Lipinski definition) is 0. The van der Waals surface area contributed by atoms with E-state index in [1.807, 2.05) is 29.2 Å². The molecule has 9 nitrogen and oxygen atoms in total. The molecule has 10 heteroatoms. The number of furan rings is 1. The fourth-order valence-electron chi connectivity index (χ4n) is 3.24. The molecular weight excluding hydrogens is 424 g/mol. The number of carbonyl (C=O) groups is 1. The number of ether oxygens (including phenoxy) is 2. The van der Waals surface area contributed by atoms with Crippen LogP contribution in [-0.2, 0) is 6.61 Å². The molecule has 1 aliphatic heterocycles. The zero-order valence-electron chi connectivity index (χ0n) is 17.2. The molecule has 3 aromatic rings. The topological polar surface area (TPSA) is 94.1 Å². The number of amides is 1. The molecule has 4 rings (SSSR count). The molecule has 0 bridgehead atoms. The van der Waals surface area contributed by atoms with Crippen molar-refractivity contribution >= 4 is 18.3 Å². The molecule has 0 unspecified atom stereocenters. The van der Waals surface area contributed by atoms with Gasteiger partial charge < -0.3 is 23.3 Å². The lowest BCUT2D eigenvalue weighted by atomic mass is 10.3. The lowest BCUT2D eigenvalue weighted by molar-refractivity contribution is 0.0589. The van der Waals surface area contributed by atoms with Crippen LogP contribution < -0.4 is 9.47 Å². The average molecular weight is 449 g/mol. The number of aromatic nitrogens is 2. The van der Waals surface area contributed by atoms with Gasteiger partial charge >= 0.3 is 0 Å². The van der Waals surface area contributed by atoms with Gasteiger partial charge in [0.1, 0.15) is 6.61 Å². The van der Waals surface area contributed by atoms with Crippen molar-refractivity contribution in [1.29, 1.82) is 0 Å². The zero-order chi connectivity index (χ0) is 20.8. The Labute approximate surface area is 186 Å². The highest BCUT2D eigenvalue weighted by atomic mass is 35.5. The Hall–Kier alpha value is -3.04. The molecule has 0 radical (unpaired) electrons. The van der Waals surface area contributed by atoms with Gasteiger partial charge in [0.2, 0.25) is 0 Å². The number of nitrogens with zero attached hydrogens (tertiary/aromatic N) is 4. The molecule has 3 heterocycles. The molecule has 1 aromatic carbocycles. The van der Waals surface area contributed by atoms with E-state index in [4.69, 9.17) is 18.4 Å². The highest BCUT2D eigenvalue weighted by Gasteiger charge is 2.23. The van der Waals surface area contributed by atoms with Crippen LogP contribution in [0.1, 0.15) is 22.3 Å². The van der Waals surface area contributed by atoms with Crippen LogP contribution in [0.4, 0.5) is 0 Å². The summed E-state index contributed by atoms with van der Waals surface area (Å²) in [5, 5.41) is 3.75. The second-order valence-corrected chi connectivity index (χ2v) is 6.93. The largest absolute Gasteiger partial charge is 0.488 e. The molecule has 1 saturated heterocycles. The van der Waals surface area contributed by atoms with Crippen LogP contribution >= 0.6 is 12.4 Å². The van der Waals surface area contributed by atoms with Crippen molar-refractivity contribution in [1.82, 2.24) is 19.9 Å². The first-order chi connectivity index (χ1) is 14.7. The highest BCUT2D eigenvalue weighted by Crippen LogP contribution is 2.27. The molecule has 0 aliphatic carbocycles. The molecule has 0 N–H and O–H groups in total. The zero-order valence-corrected chi connectivity index (χ0v) is 18.0. The Kier molecular flexibility index (Phi) is 7.91. The van der Waals surface area contributed by atoms with E-state index in [9.17, 15) is 4.79 Å². The summed E-state index contributed by atoms with van der Waals surface area (Å²) in [5.74, 6) is 2.62. The number of aryl methyl sites for hydroxylation is 1. The van der Waals surface area contributed by atoms with Crippen LogP contribution in [-0.4, -0.2) is 65.2 Å². The minimum absolute atomic E-state index is 0. The van der Waals surface area contributed by atoms with Crippen molar-refractivity contribution in [3.05, 3.63) is 60.1 Å². The summed E-state index contributed by atoms with van der Waals surface area (Å²) in [6.07, 6.45) is 1.52. The number of hydrogen-bond acceptors (Lipinski definition) is 8. The third-order valence-corrected chi connectivity index (χ3v) is 4.83. The maximum absolute atomic E-state index is 12.3. The van der Waals surface area contributed by atoms with Gasteiger partial charge in [-0.2, -0.15) is 4.98 Å². The molecule has 1 aliphatic rings. The second-order valence-electron chi connectivity index (χ2n) is 6.93. The third-order valence-electron chi connectivity index (χ3n) is 4.83. The van der Waals surface area contributed by atoms with Crippen molar-refractivity contribution in [3.8, 4) is 11.5 Å². The summed E-state index contributed by atoms with van der Waals surface area (Å²) in [7, 11) is 0. The first-order valence-corrected chi connectivity index (χ1v) is 9.88. The van der Waals surface area contributed by atoms with Gasteiger partial charge in [-0.25, -0.2) is 0 Å². The summed E-state index contributed by atoms with van der Waals surface area (Å²) in [6, 6.07) is 10.9. The molecule has 0 atom stereocenters. The number of carbonyl (C=O) groups excluding carboxylic acids is 1. The van der Waals surface area contributed by atoms with Crippen LogP contribution in [0.2, 0.25) is 0 Å². The van der Waals surface area contributed by atoms with Crippen molar-refractivity contribution in [3.63, 3.8) is 0 Å². The Morgan fingerprint density at radius 1 is 1.06 bits per heavy atom. The van der Waals surface area contributed by atoms with Crippen LogP contribution in [0.5, 0.6) is 11.5 Å². The molecule has 0 spiro atoms. The molecule has 166 valence electrons. The summed E-state index contributed by atoms with van der Waals surface area (Å²) in [5.41, 5.74) is 0. The minimum Gasteiger partial charge on any atom is -0.488 e. The van der Waals surface area contributed by atoms with E-state index in [2.05, 4.69) is 15.0 Å². The SMILES string of the molecule is Cc1noc(COc2ccccc2OCCN2CCN(C(=O)c3ccco3)CC2)n1.Cl. The summed E-state index contributed by atoms with van der Waals surface area (Å²) >= 11 is 0. The number of rotatable bonds is 8. The average Bonchev–Trinajstić information content (AvgIpc) is 3.45. The van der Waals surface area contributed by atoms with Gasteiger partial charge in [0.05, 0.1) is 6.26 Å². The van der Waals surface area contributed by atoms with Crippen molar-refractivity contribution in [2.75, 3.05) is 39.3 Å². The van der Waals surface area contributed by atoms with E-state index in [1.54, 1.807) is 19.1 Å². The first-order valence-electron chi connectivity index (χ1n) is 9.88. The number of halogens is 1. The van der Waals surface area contributed by atoms with Gasteiger partial charge in [-0.1, -0.05) is 17.3 Å². The van der Waals surface area contributed by atoms with Crippen molar-refractivity contribution < 1.29 is 23.2 Å². The van der Waals surface area contributed by atoms with E-state index in [0.717, 1.165) is 19.6 Å². The van der Waals surface area contributed by atoms with E-state index >= 15 is 0 Å². The normalized spacial score (nSPS) is 14.2. The van der Waals surface area contributed by atoms with Crippen LogP contribution in [0.3, 0.4) is 0 Å². The van der Waals surface area contributed by atoms with Gasteiger partial charge in [-0.05, 0) is 31.2 Å². The van der Waals surface area contributed by atoms with E-state index < -0.39 is 0 Å². The Bertz CT molecular complexity index is 954. The summed E-state index contributed by atoms with van der Waals surface area (Å²) < 4.78 is 22.0. The quantitative estimate of drug-likeness (QED) is 0.519. The van der Waals surface area contributed by atoms with E-state index in [-0.39, 0.29) is 24.9 Å². The first kappa shape index (κ1) is 22.6.